The van der Waals surface area contributed by atoms with Crippen molar-refractivity contribution >= 4 is 15.9 Å². The first kappa shape index (κ1) is 15.7. The molecule has 2 nitrogen and oxygen atoms in total. The molecule has 4 heteroatoms. The molecule has 0 bridgehead atoms. The van der Waals surface area contributed by atoms with Gasteiger partial charge in [-0.3, -0.25) is 0 Å². The Morgan fingerprint density at radius 1 is 1.14 bits per heavy atom. The minimum absolute atomic E-state index is 0.246. The zero-order valence-corrected chi connectivity index (χ0v) is 12.9. The number of hydrogen-bond donors (Lipinski definition) is 1. The topological polar surface area (TPSA) is 29.5 Å². The SMILES string of the molecule is OCC#Cc1cc(F)cc(COCc2ccccc2Br)c1. The number of aliphatic hydroxyl groups excluding tert-OH is 1. The van der Waals surface area contributed by atoms with Crippen molar-refractivity contribution in [1.82, 2.24) is 0 Å². The van der Waals surface area contributed by atoms with Crippen molar-refractivity contribution in [3.05, 3.63) is 69.4 Å². The standard InChI is InChI=1S/C17H14BrFO2/c18-17-6-2-1-5-15(17)12-21-11-14-8-13(4-3-7-20)9-16(19)10-14/h1-2,5-6,8-10,20H,7,11-12H2. The molecule has 0 aliphatic rings. The van der Waals surface area contributed by atoms with Crippen LogP contribution < -0.4 is 0 Å². The summed E-state index contributed by atoms with van der Waals surface area (Å²) in [6.45, 7) is 0.493. The smallest absolute Gasteiger partial charge is 0.124 e. The van der Waals surface area contributed by atoms with E-state index in [4.69, 9.17) is 9.84 Å². The molecule has 0 heterocycles. The predicted molar refractivity (Wildman–Crippen MR) is 83.0 cm³/mol. The highest BCUT2D eigenvalue weighted by Gasteiger charge is 2.02. The molecule has 21 heavy (non-hydrogen) atoms. The fourth-order valence-corrected chi connectivity index (χ4v) is 2.24. The van der Waals surface area contributed by atoms with Gasteiger partial charge in [-0.25, -0.2) is 4.39 Å². The van der Waals surface area contributed by atoms with E-state index in [2.05, 4.69) is 27.8 Å². The molecule has 0 spiro atoms. The molecule has 0 aliphatic heterocycles. The monoisotopic (exact) mass is 348 g/mol. The van der Waals surface area contributed by atoms with E-state index >= 15 is 0 Å². The number of rotatable bonds is 4. The summed E-state index contributed by atoms with van der Waals surface area (Å²) in [5, 5.41) is 8.66. The summed E-state index contributed by atoms with van der Waals surface area (Å²) in [7, 11) is 0. The first-order chi connectivity index (χ1) is 10.2. The molecule has 108 valence electrons. The van der Waals surface area contributed by atoms with Crippen molar-refractivity contribution in [3.63, 3.8) is 0 Å². The lowest BCUT2D eigenvalue weighted by atomic mass is 10.1. The lowest BCUT2D eigenvalue weighted by Crippen LogP contribution is -1.96. The van der Waals surface area contributed by atoms with Crippen molar-refractivity contribution < 1.29 is 14.2 Å². The molecule has 0 amide bonds. The van der Waals surface area contributed by atoms with Crippen molar-refractivity contribution in [2.75, 3.05) is 6.61 Å². The summed E-state index contributed by atoms with van der Waals surface area (Å²) >= 11 is 3.45. The number of halogens is 2. The lowest BCUT2D eigenvalue weighted by molar-refractivity contribution is 0.106. The van der Waals surface area contributed by atoms with Crippen molar-refractivity contribution in [2.45, 2.75) is 13.2 Å². The summed E-state index contributed by atoms with van der Waals surface area (Å²) in [6, 6.07) is 12.3. The van der Waals surface area contributed by atoms with Gasteiger partial charge in [0.2, 0.25) is 0 Å². The van der Waals surface area contributed by atoms with Crippen LogP contribution in [0.2, 0.25) is 0 Å². The van der Waals surface area contributed by atoms with Gasteiger partial charge in [-0.15, -0.1) is 0 Å². The van der Waals surface area contributed by atoms with Crippen LogP contribution >= 0.6 is 15.9 Å². The number of ether oxygens (including phenoxy) is 1. The normalized spacial score (nSPS) is 10.0. The minimum Gasteiger partial charge on any atom is -0.384 e. The van der Waals surface area contributed by atoms with Gasteiger partial charge >= 0.3 is 0 Å². The molecule has 0 radical (unpaired) electrons. The van der Waals surface area contributed by atoms with Gasteiger partial charge in [0.1, 0.15) is 12.4 Å². The zero-order chi connectivity index (χ0) is 15.1. The Morgan fingerprint density at radius 2 is 1.95 bits per heavy atom. The van der Waals surface area contributed by atoms with E-state index in [0.717, 1.165) is 10.0 Å². The Labute approximate surface area is 131 Å². The molecule has 0 fully saturated rings. The molecule has 2 aromatic rings. The fourth-order valence-electron chi connectivity index (χ4n) is 1.84. The van der Waals surface area contributed by atoms with E-state index in [-0.39, 0.29) is 12.4 Å². The maximum Gasteiger partial charge on any atom is 0.124 e. The second-order valence-electron chi connectivity index (χ2n) is 4.39. The van der Waals surface area contributed by atoms with Gasteiger partial charge in [0.15, 0.2) is 0 Å². The van der Waals surface area contributed by atoms with Crippen LogP contribution in [0.5, 0.6) is 0 Å². The van der Waals surface area contributed by atoms with E-state index < -0.39 is 0 Å². The van der Waals surface area contributed by atoms with Crippen LogP contribution in [0.3, 0.4) is 0 Å². The van der Waals surface area contributed by atoms with Gasteiger partial charge in [0.05, 0.1) is 13.2 Å². The highest BCUT2D eigenvalue weighted by molar-refractivity contribution is 9.10. The van der Waals surface area contributed by atoms with E-state index in [9.17, 15) is 4.39 Å². The highest BCUT2D eigenvalue weighted by atomic mass is 79.9. The number of aliphatic hydroxyl groups is 1. The first-order valence-corrected chi connectivity index (χ1v) is 7.18. The molecule has 0 aliphatic carbocycles. The molecule has 2 rings (SSSR count). The molecular weight excluding hydrogens is 335 g/mol. The summed E-state index contributed by atoms with van der Waals surface area (Å²) in [4.78, 5) is 0. The third kappa shape index (κ3) is 4.98. The largest absolute Gasteiger partial charge is 0.384 e. The van der Waals surface area contributed by atoms with Crippen molar-refractivity contribution in [2.24, 2.45) is 0 Å². The predicted octanol–water partition coefficient (Wildman–Crippen LogP) is 3.65. The Bertz CT molecular complexity index is 674. The average molecular weight is 349 g/mol. The maximum absolute atomic E-state index is 13.5. The van der Waals surface area contributed by atoms with Crippen LogP contribution in [0.4, 0.5) is 4.39 Å². The molecule has 1 N–H and O–H groups in total. The van der Waals surface area contributed by atoms with E-state index in [0.29, 0.717) is 24.3 Å². The minimum atomic E-state index is -0.362. The summed E-state index contributed by atoms with van der Waals surface area (Å²) < 4.78 is 20.1. The molecule has 0 unspecified atom stereocenters. The van der Waals surface area contributed by atoms with Crippen LogP contribution in [0.25, 0.3) is 0 Å². The third-order valence-electron chi connectivity index (χ3n) is 2.75. The van der Waals surface area contributed by atoms with Crippen molar-refractivity contribution in [1.29, 1.82) is 0 Å². The molecule has 0 aromatic heterocycles. The maximum atomic E-state index is 13.5. The highest BCUT2D eigenvalue weighted by Crippen LogP contribution is 2.17. The van der Waals surface area contributed by atoms with Crippen LogP contribution in [0.15, 0.2) is 46.9 Å². The summed E-state index contributed by atoms with van der Waals surface area (Å²) in [6.07, 6.45) is 0. The average Bonchev–Trinajstić information content (AvgIpc) is 2.47. The molecule has 0 saturated heterocycles. The summed E-state index contributed by atoms with van der Waals surface area (Å²) in [5.74, 6) is 4.83. The lowest BCUT2D eigenvalue weighted by Gasteiger charge is -2.07. The van der Waals surface area contributed by atoms with Gasteiger partial charge in [-0.05, 0) is 35.4 Å². The molecule has 0 atom stereocenters. The third-order valence-corrected chi connectivity index (χ3v) is 3.53. The van der Waals surface area contributed by atoms with Crippen LogP contribution in [0, 0.1) is 17.7 Å². The van der Waals surface area contributed by atoms with Crippen molar-refractivity contribution in [3.8, 4) is 11.8 Å². The van der Waals surface area contributed by atoms with Crippen LogP contribution in [0.1, 0.15) is 16.7 Å². The van der Waals surface area contributed by atoms with Gasteiger partial charge in [-0.1, -0.05) is 46.0 Å². The Kier molecular flexibility index (Phi) is 5.94. The molecular formula is C17H14BrFO2. The first-order valence-electron chi connectivity index (χ1n) is 6.39. The Hall–Kier alpha value is -1.67. The zero-order valence-electron chi connectivity index (χ0n) is 11.3. The Balaban J connectivity index is 2.00. The van der Waals surface area contributed by atoms with E-state index in [1.54, 1.807) is 6.07 Å². The van der Waals surface area contributed by atoms with E-state index in [1.807, 2.05) is 24.3 Å². The number of hydrogen-bond acceptors (Lipinski definition) is 2. The van der Waals surface area contributed by atoms with Gasteiger partial charge in [-0.2, -0.15) is 0 Å². The van der Waals surface area contributed by atoms with Crippen LogP contribution in [-0.2, 0) is 18.0 Å². The summed E-state index contributed by atoms with van der Waals surface area (Å²) in [5.41, 5.74) is 2.28. The van der Waals surface area contributed by atoms with Gasteiger partial charge in [0.25, 0.3) is 0 Å². The molecule has 2 aromatic carbocycles. The van der Waals surface area contributed by atoms with E-state index in [1.165, 1.54) is 12.1 Å². The number of benzene rings is 2. The quantitative estimate of drug-likeness (QED) is 0.854. The molecule has 0 saturated carbocycles. The second kappa shape index (κ2) is 7.94. The fraction of sp³-hybridized carbons (Fsp3) is 0.176. The Morgan fingerprint density at radius 3 is 2.71 bits per heavy atom. The van der Waals surface area contributed by atoms with Gasteiger partial charge in [0, 0.05) is 10.0 Å². The van der Waals surface area contributed by atoms with Gasteiger partial charge < -0.3 is 9.84 Å². The second-order valence-corrected chi connectivity index (χ2v) is 5.25. The van der Waals surface area contributed by atoms with Crippen LogP contribution in [-0.4, -0.2) is 11.7 Å².